The standard InChI is InChI=1S/C30H28N2O6/c33-29(31-20-9-11-21(12-10-20)36-17-19-6-2-1-3-7-19)24-14-26(32-13-5-4-8-25(24)32)22-15-27-28(38-18-37-27)16-23(22)30(34)35/h1-3,6-7,9-11,14-16,21H,4-5,8,12-13,17-18H2,(H,31,33)(H,34,35). The molecule has 1 unspecified atom stereocenters. The number of carboxylic acids is 1. The van der Waals surface area contributed by atoms with Gasteiger partial charge in [0, 0.05) is 23.5 Å². The minimum Gasteiger partial charge on any atom is -0.478 e. The SMILES string of the molecule is O=C(O)c1cc2c(cc1-c1cc(C(=O)NC3=CCC(OCc4ccccc4)C=C3)c3n1CCCC3)OCO2. The summed E-state index contributed by atoms with van der Waals surface area (Å²) in [7, 11) is 0. The van der Waals surface area contributed by atoms with Crippen molar-refractivity contribution in [2.45, 2.75) is 44.9 Å². The number of ether oxygens (including phenoxy) is 3. The molecule has 8 heteroatoms. The molecule has 0 radical (unpaired) electrons. The number of hydrogen-bond donors (Lipinski definition) is 2. The number of rotatable bonds is 7. The number of benzene rings is 2. The monoisotopic (exact) mass is 512 g/mol. The van der Waals surface area contributed by atoms with Crippen molar-refractivity contribution < 1.29 is 28.9 Å². The highest BCUT2D eigenvalue weighted by atomic mass is 16.7. The lowest BCUT2D eigenvalue weighted by Gasteiger charge is -2.20. The van der Waals surface area contributed by atoms with Gasteiger partial charge < -0.3 is 29.2 Å². The number of aromatic carboxylic acids is 1. The Morgan fingerprint density at radius 2 is 1.87 bits per heavy atom. The number of fused-ring (bicyclic) bond motifs is 2. The first kappa shape index (κ1) is 24.1. The lowest BCUT2D eigenvalue weighted by molar-refractivity contribution is 0.0696. The fraction of sp³-hybridized carbons (Fsp3) is 0.267. The molecule has 1 amide bonds. The Morgan fingerprint density at radius 3 is 2.63 bits per heavy atom. The Bertz CT molecular complexity index is 1450. The summed E-state index contributed by atoms with van der Waals surface area (Å²) in [5.74, 6) is -0.350. The number of nitrogens with zero attached hydrogens (tertiary/aromatic N) is 1. The average molecular weight is 513 g/mol. The van der Waals surface area contributed by atoms with E-state index in [4.69, 9.17) is 14.2 Å². The van der Waals surface area contributed by atoms with Gasteiger partial charge in [-0.25, -0.2) is 4.79 Å². The van der Waals surface area contributed by atoms with Crippen LogP contribution in [0.25, 0.3) is 11.3 Å². The van der Waals surface area contributed by atoms with E-state index in [0.717, 1.165) is 36.2 Å². The maximum absolute atomic E-state index is 13.4. The van der Waals surface area contributed by atoms with Crippen LogP contribution in [0.5, 0.6) is 11.5 Å². The molecule has 3 heterocycles. The molecule has 3 aromatic rings. The molecular weight excluding hydrogens is 484 g/mol. The predicted octanol–water partition coefficient (Wildman–Crippen LogP) is 5.08. The quantitative estimate of drug-likeness (QED) is 0.458. The van der Waals surface area contributed by atoms with Crippen LogP contribution in [-0.2, 0) is 24.3 Å². The third-order valence-electron chi connectivity index (χ3n) is 7.14. The molecular formula is C30H28N2O6. The Labute approximate surface area is 220 Å². The molecule has 0 bridgehead atoms. The topological polar surface area (TPSA) is 99.0 Å². The third kappa shape index (κ3) is 4.70. The summed E-state index contributed by atoms with van der Waals surface area (Å²) in [6.45, 7) is 1.30. The Morgan fingerprint density at radius 1 is 1.05 bits per heavy atom. The third-order valence-corrected chi connectivity index (χ3v) is 7.14. The summed E-state index contributed by atoms with van der Waals surface area (Å²) in [6.07, 6.45) is 9.10. The summed E-state index contributed by atoms with van der Waals surface area (Å²) in [6, 6.07) is 15.0. The number of allylic oxidation sites excluding steroid dienone is 1. The first-order valence-corrected chi connectivity index (χ1v) is 12.8. The smallest absolute Gasteiger partial charge is 0.336 e. The number of carboxylic acid groups (broad SMARTS) is 1. The highest BCUT2D eigenvalue weighted by Gasteiger charge is 2.28. The zero-order valence-corrected chi connectivity index (χ0v) is 20.8. The molecule has 38 heavy (non-hydrogen) atoms. The van der Waals surface area contributed by atoms with Gasteiger partial charge in [-0.1, -0.05) is 42.5 Å². The molecule has 2 N–H and O–H groups in total. The van der Waals surface area contributed by atoms with E-state index in [1.807, 2.05) is 48.6 Å². The van der Waals surface area contributed by atoms with Crippen molar-refractivity contribution in [2.24, 2.45) is 0 Å². The van der Waals surface area contributed by atoms with Crippen LogP contribution in [0.2, 0.25) is 0 Å². The molecule has 2 aliphatic heterocycles. The number of hydrogen-bond acceptors (Lipinski definition) is 5. The predicted molar refractivity (Wildman–Crippen MR) is 140 cm³/mol. The van der Waals surface area contributed by atoms with E-state index in [2.05, 4.69) is 9.88 Å². The van der Waals surface area contributed by atoms with Crippen molar-refractivity contribution in [2.75, 3.05) is 6.79 Å². The van der Waals surface area contributed by atoms with Crippen LogP contribution in [0.1, 0.15) is 51.2 Å². The lowest BCUT2D eigenvalue weighted by Crippen LogP contribution is -2.25. The lowest BCUT2D eigenvalue weighted by atomic mass is 10.0. The number of carbonyl (C=O) groups excluding carboxylic acids is 1. The maximum atomic E-state index is 13.4. The largest absolute Gasteiger partial charge is 0.478 e. The fourth-order valence-corrected chi connectivity index (χ4v) is 5.22. The maximum Gasteiger partial charge on any atom is 0.336 e. The second-order valence-electron chi connectivity index (χ2n) is 9.60. The summed E-state index contributed by atoms with van der Waals surface area (Å²) in [4.78, 5) is 25.5. The van der Waals surface area contributed by atoms with Crippen molar-refractivity contribution in [1.29, 1.82) is 0 Å². The molecule has 0 saturated heterocycles. The van der Waals surface area contributed by atoms with Crippen molar-refractivity contribution in [3.63, 3.8) is 0 Å². The molecule has 1 aromatic heterocycles. The number of nitrogens with one attached hydrogen (secondary N) is 1. The number of aromatic nitrogens is 1. The zero-order chi connectivity index (χ0) is 26.1. The minimum atomic E-state index is -1.06. The van der Waals surface area contributed by atoms with Gasteiger partial charge in [-0.2, -0.15) is 0 Å². The highest BCUT2D eigenvalue weighted by molar-refractivity contribution is 6.01. The molecule has 8 nitrogen and oxygen atoms in total. The normalized spacial score (nSPS) is 17.6. The van der Waals surface area contributed by atoms with Crippen molar-refractivity contribution in [1.82, 2.24) is 9.88 Å². The minimum absolute atomic E-state index is 0.0508. The van der Waals surface area contributed by atoms with Gasteiger partial charge in [-0.3, -0.25) is 4.79 Å². The van der Waals surface area contributed by atoms with Gasteiger partial charge in [0.15, 0.2) is 11.5 Å². The Balaban J connectivity index is 1.22. The Hall–Kier alpha value is -4.30. The van der Waals surface area contributed by atoms with Gasteiger partial charge in [-0.05, 0) is 55.5 Å². The van der Waals surface area contributed by atoms with Crippen molar-refractivity contribution >= 4 is 11.9 Å². The van der Waals surface area contributed by atoms with Gasteiger partial charge in [0.05, 0.1) is 29.5 Å². The molecule has 1 atom stereocenters. The van der Waals surface area contributed by atoms with Gasteiger partial charge in [0.2, 0.25) is 6.79 Å². The Kier molecular flexibility index (Phi) is 6.47. The van der Waals surface area contributed by atoms with Crippen LogP contribution < -0.4 is 14.8 Å². The zero-order valence-electron chi connectivity index (χ0n) is 20.8. The number of carbonyl (C=O) groups is 2. The van der Waals surface area contributed by atoms with Crippen LogP contribution in [0.15, 0.2) is 72.5 Å². The van der Waals surface area contributed by atoms with Crippen LogP contribution in [-0.4, -0.2) is 34.4 Å². The van der Waals surface area contributed by atoms with E-state index in [0.29, 0.717) is 47.9 Å². The summed E-state index contributed by atoms with van der Waals surface area (Å²) >= 11 is 0. The van der Waals surface area contributed by atoms with E-state index in [1.165, 1.54) is 6.07 Å². The number of amides is 1. The molecule has 0 fully saturated rings. The van der Waals surface area contributed by atoms with Gasteiger partial charge in [0.1, 0.15) is 0 Å². The van der Waals surface area contributed by atoms with Crippen LogP contribution >= 0.6 is 0 Å². The van der Waals surface area contributed by atoms with Gasteiger partial charge in [0.25, 0.3) is 5.91 Å². The van der Waals surface area contributed by atoms with Gasteiger partial charge >= 0.3 is 5.97 Å². The average Bonchev–Trinajstić information content (AvgIpc) is 3.57. The van der Waals surface area contributed by atoms with E-state index in [-0.39, 0.29) is 24.4 Å². The first-order valence-electron chi connectivity index (χ1n) is 12.8. The van der Waals surface area contributed by atoms with E-state index in [1.54, 1.807) is 12.1 Å². The van der Waals surface area contributed by atoms with Crippen LogP contribution in [0.3, 0.4) is 0 Å². The molecule has 2 aromatic carbocycles. The summed E-state index contributed by atoms with van der Waals surface area (Å²) in [5, 5.41) is 12.9. The van der Waals surface area contributed by atoms with E-state index < -0.39 is 5.97 Å². The van der Waals surface area contributed by atoms with E-state index in [9.17, 15) is 14.7 Å². The highest BCUT2D eigenvalue weighted by Crippen LogP contribution is 2.41. The summed E-state index contributed by atoms with van der Waals surface area (Å²) < 4.78 is 19.0. The van der Waals surface area contributed by atoms with Gasteiger partial charge in [-0.15, -0.1) is 0 Å². The second-order valence-corrected chi connectivity index (χ2v) is 9.60. The van der Waals surface area contributed by atoms with Crippen molar-refractivity contribution in [3.8, 4) is 22.8 Å². The molecule has 1 aliphatic carbocycles. The second kappa shape index (κ2) is 10.2. The van der Waals surface area contributed by atoms with Crippen molar-refractivity contribution in [3.05, 3.63) is 94.8 Å². The van der Waals surface area contributed by atoms with Crippen LogP contribution in [0.4, 0.5) is 0 Å². The van der Waals surface area contributed by atoms with E-state index >= 15 is 0 Å². The molecule has 194 valence electrons. The molecule has 0 spiro atoms. The van der Waals surface area contributed by atoms with Crippen LogP contribution in [0, 0.1) is 0 Å². The molecule has 3 aliphatic rings. The fourth-order valence-electron chi connectivity index (χ4n) is 5.22. The summed E-state index contributed by atoms with van der Waals surface area (Å²) in [5.41, 5.74) is 4.65. The first-order chi connectivity index (χ1) is 18.6. The molecule has 6 rings (SSSR count). The molecule has 0 saturated carbocycles.